The van der Waals surface area contributed by atoms with Gasteiger partial charge in [-0.05, 0) is 37.3 Å². The zero-order valence-electron chi connectivity index (χ0n) is 12.7. The van der Waals surface area contributed by atoms with Crippen molar-refractivity contribution in [2.75, 3.05) is 11.9 Å². The lowest BCUT2D eigenvalue weighted by Gasteiger charge is -2.13. The highest BCUT2D eigenvalue weighted by Gasteiger charge is 2.05. The highest BCUT2D eigenvalue weighted by Crippen LogP contribution is 2.27. The number of aromatic nitrogens is 1. The molecule has 0 spiro atoms. The molecule has 3 heteroatoms. The van der Waals surface area contributed by atoms with Crippen LogP contribution in [-0.4, -0.2) is 12.0 Å². The Labute approximate surface area is 135 Å². The molecule has 0 radical (unpaired) electrons. The predicted octanol–water partition coefficient (Wildman–Crippen LogP) is 5.35. The summed E-state index contributed by atoms with van der Waals surface area (Å²) in [7, 11) is 2.05. The Bertz CT molecular complexity index is 783. The van der Waals surface area contributed by atoms with Crippen molar-refractivity contribution in [2.24, 2.45) is 0 Å². The second-order valence-corrected chi connectivity index (χ2v) is 6.02. The fourth-order valence-electron chi connectivity index (χ4n) is 2.23. The van der Waals surface area contributed by atoms with Gasteiger partial charge in [-0.25, -0.2) is 4.98 Å². The molecule has 0 N–H and O–H groups in total. The smallest absolute Gasteiger partial charge is 0.124 e. The van der Waals surface area contributed by atoms with Gasteiger partial charge in [0, 0.05) is 24.5 Å². The summed E-state index contributed by atoms with van der Waals surface area (Å²) in [5.74, 6) is 0. The van der Waals surface area contributed by atoms with E-state index in [2.05, 4.69) is 60.6 Å². The minimum atomic E-state index is 1.06. The maximum Gasteiger partial charge on any atom is 0.124 e. The first kappa shape index (κ1) is 14.5. The number of allylic oxidation sites excluding steroid dienone is 3. The van der Waals surface area contributed by atoms with Gasteiger partial charge in [-0.2, -0.15) is 0 Å². The van der Waals surface area contributed by atoms with Crippen LogP contribution in [0.3, 0.4) is 0 Å². The summed E-state index contributed by atoms with van der Waals surface area (Å²) < 4.78 is 1.22. The van der Waals surface area contributed by atoms with E-state index in [1.807, 2.05) is 31.2 Å². The number of nitrogens with zero attached hydrogens (tertiary/aromatic N) is 2. The summed E-state index contributed by atoms with van der Waals surface area (Å²) in [5, 5.41) is 1.06. The van der Waals surface area contributed by atoms with Gasteiger partial charge >= 0.3 is 0 Å². The predicted molar refractivity (Wildman–Crippen MR) is 97.3 cm³/mol. The van der Waals surface area contributed by atoms with Gasteiger partial charge in [0.25, 0.3) is 0 Å². The first-order chi connectivity index (χ1) is 10.8. The Morgan fingerprint density at radius 1 is 1.05 bits per heavy atom. The van der Waals surface area contributed by atoms with Gasteiger partial charge in [0.1, 0.15) is 5.01 Å². The van der Waals surface area contributed by atoms with E-state index in [1.165, 1.54) is 10.4 Å². The summed E-state index contributed by atoms with van der Waals surface area (Å²) in [6.07, 6.45) is 6.30. The molecule has 1 aromatic heterocycles. The highest BCUT2D eigenvalue weighted by atomic mass is 32.1. The fourth-order valence-corrected chi connectivity index (χ4v) is 3.25. The van der Waals surface area contributed by atoms with Gasteiger partial charge in [-0.1, -0.05) is 36.4 Å². The van der Waals surface area contributed by atoms with Crippen LogP contribution in [0.25, 0.3) is 15.8 Å². The van der Waals surface area contributed by atoms with E-state index in [4.69, 9.17) is 4.98 Å². The molecule has 0 aliphatic carbocycles. The molecule has 3 aromatic rings. The van der Waals surface area contributed by atoms with Crippen LogP contribution in [0.4, 0.5) is 5.69 Å². The molecule has 0 amide bonds. The van der Waals surface area contributed by atoms with Crippen LogP contribution in [0, 0.1) is 0 Å². The van der Waals surface area contributed by atoms with E-state index in [0.717, 1.165) is 16.1 Å². The molecule has 22 heavy (non-hydrogen) atoms. The molecule has 1 heterocycles. The molecule has 2 aromatic carbocycles. The van der Waals surface area contributed by atoms with Gasteiger partial charge in [0.15, 0.2) is 0 Å². The number of benzene rings is 2. The van der Waals surface area contributed by atoms with E-state index < -0.39 is 0 Å². The summed E-state index contributed by atoms with van der Waals surface area (Å²) >= 11 is 1.73. The summed E-state index contributed by atoms with van der Waals surface area (Å²) in [5.41, 5.74) is 3.37. The van der Waals surface area contributed by atoms with Crippen LogP contribution in [0.1, 0.15) is 11.9 Å². The third kappa shape index (κ3) is 3.10. The van der Waals surface area contributed by atoms with E-state index in [-0.39, 0.29) is 0 Å². The largest absolute Gasteiger partial charge is 0.351 e. The number of para-hydroxylation sites is 2. The van der Waals surface area contributed by atoms with Crippen LogP contribution >= 0.6 is 11.3 Å². The lowest BCUT2D eigenvalue weighted by Crippen LogP contribution is -2.07. The Kier molecular flexibility index (Phi) is 4.35. The summed E-state index contributed by atoms with van der Waals surface area (Å²) in [6, 6.07) is 18.6. The minimum absolute atomic E-state index is 1.06. The molecule has 2 nitrogen and oxygen atoms in total. The number of anilines is 1. The lowest BCUT2D eigenvalue weighted by atomic mass is 10.2. The van der Waals surface area contributed by atoms with Crippen molar-refractivity contribution in [1.29, 1.82) is 0 Å². The van der Waals surface area contributed by atoms with Crippen molar-refractivity contribution < 1.29 is 0 Å². The minimum Gasteiger partial charge on any atom is -0.351 e. The lowest BCUT2D eigenvalue weighted by molar-refractivity contribution is 1.20. The summed E-state index contributed by atoms with van der Waals surface area (Å²) in [4.78, 5) is 6.82. The van der Waals surface area contributed by atoms with E-state index in [9.17, 15) is 0 Å². The van der Waals surface area contributed by atoms with Gasteiger partial charge in [0.05, 0.1) is 10.2 Å². The van der Waals surface area contributed by atoms with E-state index >= 15 is 0 Å². The Morgan fingerprint density at radius 3 is 2.50 bits per heavy atom. The Morgan fingerprint density at radius 2 is 1.77 bits per heavy atom. The number of hydrogen-bond donors (Lipinski definition) is 0. The molecule has 0 aliphatic rings. The van der Waals surface area contributed by atoms with Crippen LogP contribution in [0.2, 0.25) is 0 Å². The highest BCUT2D eigenvalue weighted by molar-refractivity contribution is 7.19. The van der Waals surface area contributed by atoms with Crippen LogP contribution in [0.15, 0.2) is 72.9 Å². The maximum atomic E-state index is 4.72. The van der Waals surface area contributed by atoms with Gasteiger partial charge < -0.3 is 4.90 Å². The van der Waals surface area contributed by atoms with Crippen LogP contribution in [0.5, 0.6) is 0 Å². The molecule has 0 aliphatic heterocycles. The summed E-state index contributed by atoms with van der Waals surface area (Å²) in [6.45, 7) is 2.05. The fraction of sp³-hybridized carbons (Fsp3) is 0.105. The zero-order chi connectivity index (χ0) is 15.4. The van der Waals surface area contributed by atoms with E-state index in [0.29, 0.717) is 0 Å². The SMILES string of the molecule is C/C=C(\C=C/N(C)c1ccccc1)c1nc2ccccc2s1. The molecule has 0 bridgehead atoms. The average Bonchev–Trinajstić information content (AvgIpc) is 3.00. The number of hydrogen-bond acceptors (Lipinski definition) is 3. The molecule has 0 atom stereocenters. The van der Waals surface area contributed by atoms with Crippen molar-refractivity contribution in [2.45, 2.75) is 6.92 Å². The third-order valence-electron chi connectivity index (χ3n) is 3.49. The normalized spacial score (nSPS) is 12.2. The molecular formula is C19H18N2S. The van der Waals surface area contributed by atoms with Crippen molar-refractivity contribution in [3.63, 3.8) is 0 Å². The monoisotopic (exact) mass is 306 g/mol. The maximum absolute atomic E-state index is 4.72. The van der Waals surface area contributed by atoms with Crippen molar-refractivity contribution in [3.05, 3.63) is 78.0 Å². The molecular weight excluding hydrogens is 288 g/mol. The average molecular weight is 306 g/mol. The third-order valence-corrected chi connectivity index (χ3v) is 4.58. The Hall–Kier alpha value is -2.39. The topological polar surface area (TPSA) is 16.1 Å². The standard InChI is InChI=1S/C19H18N2S/c1-3-15(13-14-21(2)16-9-5-4-6-10-16)19-20-17-11-7-8-12-18(17)22-19/h3-14H,1-2H3/b14-13-,15-3+. The number of thiazole rings is 1. The molecule has 0 fully saturated rings. The first-order valence-corrected chi connectivity index (χ1v) is 8.08. The molecule has 110 valence electrons. The van der Waals surface area contributed by atoms with Crippen molar-refractivity contribution in [1.82, 2.24) is 4.98 Å². The number of rotatable bonds is 4. The Balaban J connectivity index is 1.84. The molecule has 0 unspecified atom stereocenters. The van der Waals surface area contributed by atoms with Crippen molar-refractivity contribution in [3.8, 4) is 0 Å². The number of fused-ring (bicyclic) bond motifs is 1. The van der Waals surface area contributed by atoms with Crippen molar-refractivity contribution >= 4 is 32.8 Å². The molecule has 0 saturated carbocycles. The second kappa shape index (κ2) is 6.58. The molecule has 3 rings (SSSR count). The molecule has 0 saturated heterocycles. The van der Waals surface area contributed by atoms with E-state index in [1.54, 1.807) is 11.3 Å². The quantitative estimate of drug-likeness (QED) is 0.604. The van der Waals surface area contributed by atoms with Gasteiger partial charge in [-0.15, -0.1) is 11.3 Å². The zero-order valence-corrected chi connectivity index (χ0v) is 13.5. The van der Waals surface area contributed by atoms with Gasteiger partial charge in [0.2, 0.25) is 0 Å². The van der Waals surface area contributed by atoms with Crippen LogP contribution in [-0.2, 0) is 0 Å². The van der Waals surface area contributed by atoms with Crippen LogP contribution < -0.4 is 4.90 Å². The second-order valence-electron chi connectivity index (χ2n) is 4.99. The first-order valence-electron chi connectivity index (χ1n) is 7.26. The van der Waals surface area contributed by atoms with Gasteiger partial charge in [-0.3, -0.25) is 0 Å².